The smallest absolute Gasteiger partial charge is 0.134 e. The lowest BCUT2D eigenvalue weighted by molar-refractivity contribution is 0.405. The summed E-state index contributed by atoms with van der Waals surface area (Å²) < 4.78 is 8.70. The largest absolute Gasteiger partial charge is 0.692 e. The van der Waals surface area contributed by atoms with E-state index in [1.165, 1.54) is 43.2 Å². The second-order valence-electron chi connectivity index (χ2n) is 4.34. The molecule has 0 spiro atoms. The fourth-order valence-electron chi connectivity index (χ4n) is 1.84. The fourth-order valence-corrected chi connectivity index (χ4v) is 2.13. The highest BCUT2D eigenvalue weighted by Gasteiger charge is 2.05. The van der Waals surface area contributed by atoms with Crippen molar-refractivity contribution < 1.29 is 14.4 Å². The molecule has 5 heteroatoms. The van der Waals surface area contributed by atoms with Crippen LogP contribution in [0.25, 0.3) is 0 Å². The molecular weight excluding hydrogens is 283 g/mol. The third-order valence-electron chi connectivity index (χ3n) is 2.80. The normalized spacial score (nSPS) is 9.74. The molecule has 0 radical (unpaired) electrons. The summed E-state index contributed by atoms with van der Waals surface area (Å²) in [5.74, 6) is 0. The van der Waals surface area contributed by atoms with E-state index in [9.17, 15) is 0 Å². The molecule has 0 aromatic heterocycles. The quantitative estimate of drug-likeness (QED) is 0.752. The Morgan fingerprint density at radius 3 is 2.16 bits per heavy atom. The first-order valence-electron chi connectivity index (χ1n) is 6.64. The Bertz CT molecular complexity index is 379. The van der Waals surface area contributed by atoms with Crippen LogP contribution < -0.4 is 0 Å². The molecule has 0 bridgehead atoms. The van der Waals surface area contributed by atoms with Crippen molar-refractivity contribution in [2.45, 2.75) is 52.4 Å². The fraction of sp³-hybridized carbons (Fsp3) is 0.571. The Morgan fingerprint density at radius 1 is 1.11 bits per heavy atom. The predicted octanol–water partition coefficient (Wildman–Crippen LogP) is 4.65. The van der Waals surface area contributed by atoms with Crippen molar-refractivity contribution in [1.29, 1.82) is 0 Å². The zero-order valence-electron chi connectivity index (χ0n) is 11.6. The molecule has 0 aliphatic carbocycles. The van der Waals surface area contributed by atoms with Crippen molar-refractivity contribution in [3.63, 3.8) is 0 Å². The zero-order chi connectivity index (χ0) is 14.7. The van der Waals surface area contributed by atoms with E-state index in [0.717, 1.165) is 11.4 Å². The molecule has 0 fully saturated rings. The maximum Gasteiger partial charge on any atom is 0.692 e. The molecule has 1 aromatic carbocycles. The topological polar surface area (TPSA) is 57.5 Å². The summed E-state index contributed by atoms with van der Waals surface area (Å²) >= 11 is 6.24. The highest BCUT2D eigenvalue weighted by Crippen LogP contribution is 2.23. The lowest BCUT2D eigenvalue weighted by Crippen LogP contribution is -1.95. The summed E-state index contributed by atoms with van der Waals surface area (Å²) in [5.41, 5.74) is 2.84. The van der Waals surface area contributed by atoms with Gasteiger partial charge in [0.2, 0.25) is 0 Å². The molecule has 0 unspecified atom stereocenters. The van der Waals surface area contributed by atoms with Crippen LogP contribution in [0.3, 0.4) is 0 Å². The summed E-state index contributed by atoms with van der Waals surface area (Å²) in [6.07, 6.45) is 7.30. The average molecular weight is 306 g/mol. The van der Waals surface area contributed by atoms with Crippen LogP contribution in [0.5, 0.6) is 0 Å². The SMILES string of the molecule is CCCCc1cccc(Cl)c1CCCC.O=[P+](O)O. The van der Waals surface area contributed by atoms with Gasteiger partial charge in [0, 0.05) is 9.59 Å². The van der Waals surface area contributed by atoms with Gasteiger partial charge in [0.05, 0.1) is 0 Å². The molecule has 0 heterocycles. The molecule has 1 rings (SSSR count). The van der Waals surface area contributed by atoms with Crippen LogP contribution in [0.4, 0.5) is 0 Å². The van der Waals surface area contributed by atoms with Crippen LogP contribution in [0.2, 0.25) is 5.02 Å². The first kappa shape index (κ1) is 18.5. The first-order valence-corrected chi connectivity index (χ1v) is 8.18. The molecule has 0 saturated carbocycles. The number of rotatable bonds is 6. The third kappa shape index (κ3) is 9.12. The lowest BCUT2D eigenvalue weighted by Gasteiger charge is -2.10. The van der Waals surface area contributed by atoms with E-state index in [1.54, 1.807) is 0 Å². The molecule has 1 aromatic rings. The van der Waals surface area contributed by atoms with Crippen LogP contribution in [0.1, 0.15) is 50.7 Å². The Labute approximate surface area is 121 Å². The second kappa shape index (κ2) is 11.4. The van der Waals surface area contributed by atoms with Gasteiger partial charge in [0.25, 0.3) is 0 Å². The first-order chi connectivity index (χ1) is 9.02. The number of aryl methyl sites for hydroxylation is 1. The van der Waals surface area contributed by atoms with Crippen molar-refractivity contribution in [3.05, 3.63) is 34.3 Å². The van der Waals surface area contributed by atoms with Gasteiger partial charge in [-0.25, -0.2) is 0 Å². The molecular formula is C14H23ClO3P+. The van der Waals surface area contributed by atoms with Crippen molar-refractivity contribution in [2.24, 2.45) is 0 Å². The predicted molar refractivity (Wildman–Crippen MR) is 80.7 cm³/mol. The number of benzene rings is 1. The molecule has 3 nitrogen and oxygen atoms in total. The van der Waals surface area contributed by atoms with Crippen molar-refractivity contribution in [1.82, 2.24) is 0 Å². The van der Waals surface area contributed by atoms with Crippen LogP contribution in [-0.2, 0) is 17.4 Å². The minimum Gasteiger partial charge on any atom is -0.134 e. The van der Waals surface area contributed by atoms with E-state index in [1.807, 2.05) is 6.07 Å². The van der Waals surface area contributed by atoms with E-state index < -0.39 is 8.25 Å². The van der Waals surface area contributed by atoms with E-state index in [2.05, 4.69) is 26.0 Å². The van der Waals surface area contributed by atoms with Crippen molar-refractivity contribution in [2.75, 3.05) is 0 Å². The minimum atomic E-state index is -2.87. The number of hydrogen-bond donors (Lipinski definition) is 2. The summed E-state index contributed by atoms with van der Waals surface area (Å²) in [5, 5.41) is 0.956. The van der Waals surface area contributed by atoms with Crippen LogP contribution in [0, 0.1) is 0 Å². The van der Waals surface area contributed by atoms with E-state index in [-0.39, 0.29) is 0 Å². The zero-order valence-corrected chi connectivity index (χ0v) is 13.3. The van der Waals surface area contributed by atoms with Gasteiger partial charge in [-0.3, -0.25) is 0 Å². The monoisotopic (exact) mass is 305 g/mol. The Hall–Kier alpha value is -0.470. The van der Waals surface area contributed by atoms with Gasteiger partial charge >= 0.3 is 8.25 Å². The van der Waals surface area contributed by atoms with Crippen molar-refractivity contribution >= 4 is 19.9 Å². The Morgan fingerprint density at radius 2 is 1.63 bits per heavy atom. The third-order valence-corrected chi connectivity index (χ3v) is 3.15. The summed E-state index contributed by atoms with van der Waals surface area (Å²) in [6, 6.07) is 6.32. The van der Waals surface area contributed by atoms with E-state index >= 15 is 0 Å². The number of halogens is 1. The van der Waals surface area contributed by atoms with Crippen LogP contribution in [0.15, 0.2) is 18.2 Å². The van der Waals surface area contributed by atoms with E-state index in [0.29, 0.717) is 0 Å². The second-order valence-corrected chi connectivity index (χ2v) is 5.25. The summed E-state index contributed by atoms with van der Waals surface area (Å²) in [6.45, 7) is 4.46. The van der Waals surface area contributed by atoms with Crippen molar-refractivity contribution in [3.8, 4) is 0 Å². The number of hydrogen-bond acceptors (Lipinski definition) is 1. The molecule has 0 saturated heterocycles. The molecule has 0 aliphatic heterocycles. The van der Waals surface area contributed by atoms with E-state index in [4.69, 9.17) is 26.0 Å². The number of unbranched alkanes of at least 4 members (excludes halogenated alkanes) is 2. The molecule has 19 heavy (non-hydrogen) atoms. The maximum atomic E-state index is 8.70. The summed E-state index contributed by atoms with van der Waals surface area (Å²) in [4.78, 5) is 14.2. The van der Waals surface area contributed by atoms with Gasteiger partial charge in [-0.05, 0) is 42.9 Å². The highest BCUT2D eigenvalue weighted by atomic mass is 35.5. The Kier molecular flexibility index (Phi) is 11.1. The standard InChI is InChI=1S/C14H21Cl.HO3P/c1-3-5-8-12-9-7-11-14(15)13(12)10-6-4-2;1-4(2)3/h7,9,11H,3-6,8,10H2,1-2H3;(H-,1,2,3)/p+1. The molecule has 0 amide bonds. The molecule has 0 aliphatic rings. The van der Waals surface area contributed by atoms with Gasteiger partial charge in [-0.15, -0.1) is 9.79 Å². The average Bonchev–Trinajstić information content (AvgIpc) is 2.34. The Balaban J connectivity index is 0.000000711. The highest BCUT2D eigenvalue weighted by molar-refractivity contribution is 7.30. The van der Waals surface area contributed by atoms with Gasteiger partial charge in [0.15, 0.2) is 0 Å². The van der Waals surface area contributed by atoms with Crippen LogP contribution >= 0.6 is 19.9 Å². The van der Waals surface area contributed by atoms with Crippen LogP contribution in [-0.4, -0.2) is 9.79 Å². The lowest BCUT2D eigenvalue weighted by atomic mass is 9.98. The minimum absolute atomic E-state index is 0.956. The van der Waals surface area contributed by atoms with Gasteiger partial charge in [-0.1, -0.05) is 50.4 Å². The van der Waals surface area contributed by atoms with Gasteiger partial charge in [0.1, 0.15) is 0 Å². The van der Waals surface area contributed by atoms with Gasteiger partial charge in [-0.2, -0.15) is 0 Å². The van der Waals surface area contributed by atoms with Gasteiger partial charge < -0.3 is 0 Å². The molecule has 108 valence electrons. The maximum absolute atomic E-state index is 8.70. The summed E-state index contributed by atoms with van der Waals surface area (Å²) in [7, 11) is -2.87. The molecule has 0 atom stereocenters. The molecule has 2 N–H and O–H groups in total.